The van der Waals surface area contributed by atoms with Gasteiger partial charge in [0, 0.05) is 23.7 Å². The van der Waals surface area contributed by atoms with E-state index < -0.39 is 20.8 Å². The second kappa shape index (κ2) is 24.4. The summed E-state index contributed by atoms with van der Waals surface area (Å²) in [7, 11) is 9.87. The predicted octanol–water partition coefficient (Wildman–Crippen LogP) is 21.2. The zero-order valence-corrected chi connectivity index (χ0v) is 52.9. The van der Waals surface area contributed by atoms with Crippen molar-refractivity contribution >= 4 is 17.0 Å². The molecule has 0 heterocycles. The van der Waals surface area contributed by atoms with Crippen LogP contribution in [0.15, 0.2) is 71.9 Å². The second-order valence-electron chi connectivity index (χ2n) is 29.3. The van der Waals surface area contributed by atoms with Crippen molar-refractivity contribution in [2.75, 3.05) is 0 Å². The Morgan fingerprint density at radius 1 is 0.480 bits per heavy atom. The van der Waals surface area contributed by atoms with E-state index in [1.54, 1.807) is 11.8 Å². The first-order valence-corrected chi connectivity index (χ1v) is 38.0. The third-order valence-electron chi connectivity index (χ3n) is 24.9. The minimum atomic E-state index is -0.826. The molecular formula is C72H102Cl2Zr+2. The van der Waals surface area contributed by atoms with Gasteiger partial charge in [0.25, 0.3) is 0 Å². The normalized spacial score (nSPS) is 42.1. The van der Waals surface area contributed by atoms with Crippen LogP contribution in [0.4, 0.5) is 0 Å². The summed E-state index contributed by atoms with van der Waals surface area (Å²) in [5.74, 6) is 21.7. The molecule has 0 bridgehead atoms. The fourth-order valence-electron chi connectivity index (χ4n) is 21.0. The SMILES string of the molecule is CC(C)CCC[C@@H](C)[C@H]1CC[C@H]2[C@@H]3CC=C4C[C@H]([C]5[CH][CH][C]6C=CC=C[C]65)CC[C@]4(C)[C@H]3CC[C@]12C.CC(C)CCC[C@@H](C)[C@H]1CC[C@H]2[C@@H]3CC=C4C[C@H]([C]5[CH][CH][C]6C=CC=C[C]65)CC[C@]4(C)[C@H]3CC[C@]12C.[Cl][Zr+2][Cl]. The molecule has 3 heteroatoms. The molecule has 0 aromatic heterocycles. The molecule has 0 aliphatic heterocycles. The van der Waals surface area contributed by atoms with Crippen molar-refractivity contribution in [1.29, 1.82) is 0 Å². The van der Waals surface area contributed by atoms with Crippen LogP contribution < -0.4 is 0 Å². The van der Waals surface area contributed by atoms with Gasteiger partial charge in [-0.2, -0.15) is 0 Å². The fraction of sp³-hybridized carbons (Fsp3) is 0.694. The zero-order valence-electron chi connectivity index (χ0n) is 49.0. The minimum absolute atomic E-state index is 0.462. The van der Waals surface area contributed by atoms with Gasteiger partial charge in [-0.25, -0.2) is 0 Å². The summed E-state index contributed by atoms with van der Waals surface area (Å²) in [6.45, 7) is 25.6. The molecule has 8 saturated carbocycles. The molecule has 0 unspecified atom stereocenters. The summed E-state index contributed by atoms with van der Waals surface area (Å²) in [4.78, 5) is 0. The number of fused-ring (bicyclic) bond motifs is 12. The van der Waals surface area contributed by atoms with Gasteiger partial charge in [-0.1, -0.05) is 180 Å². The third kappa shape index (κ3) is 11.3. The van der Waals surface area contributed by atoms with Crippen molar-refractivity contribution in [3.63, 3.8) is 0 Å². The molecule has 0 saturated heterocycles. The number of allylic oxidation sites excluding steroid dienone is 12. The summed E-state index contributed by atoms with van der Waals surface area (Å²) >= 11 is -0.826. The molecule has 12 rings (SSSR count). The van der Waals surface area contributed by atoms with Crippen molar-refractivity contribution in [3.05, 3.63) is 133 Å². The van der Waals surface area contributed by atoms with Crippen LogP contribution in [-0.2, 0) is 20.8 Å². The average molecular weight is 1130 g/mol. The van der Waals surface area contributed by atoms with Crippen molar-refractivity contribution in [2.45, 2.75) is 210 Å². The van der Waals surface area contributed by atoms with E-state index in [4.69, 9.17) is 17.0 Å². The Kier molecular flexibility index (Phi) is 18.9. The molecule has 75 heavy (non-hydrogen) atoms. The van der Waals surface area contributed by atoms with Crippen LogP contribution in [0.25, 0.3) is 0 Å². The van der Waals surface area contributed by atoms with Gasteiger partial charge < -0.3 is 0 Å². The molecule has 0 spiro atoms. The molecule has 10 radical (unpaired) electrons. The number of hydrogen-bond acceptors (Lipinski definition) is 0. The zero-order chi connectivity index (χ0) is 52.9. The van der Waals surface area contributed by atoms with E-state index in [0.29, 0.717) is 21.7 Å². The van der Waals surface area contributed by atoms with Gasteiger partial charge in [0.15, 0.2) is 0 Å². The van der Waals surface area contributed by atoms with Crippen LogP contribution in [0.1, 0.15) is 210 Å². The van der Waals surface area contributed by atoms with Gasteiger partial charge in [0.2, 0.25) is 0 Å². The van der Waals surface area contributed by atoms with E-state index in [9.17, 15) is 0 Å². The van der Waals surface area contributed by atoms with E-state index in [-0.39, 0.29) is 0 Å². The van der Waals surface area contributed by atoms with E-state index in [0.717, 1.165) is 82.9 Å². The van der Waals surface area contributed by atoms with E-state index >= 15 is 0 Å². The summed E-state index contributed by atoms with van der Waals surface area (Å²) < 4.78 is 0. The molecule has 16 atom stereocenters. The Bertz CT molecular complexity index is 1960. The quantitative estimate of drug-likeness (QED) is 0.171. The number of hydrogen-bond donors (Lipinski definition) is 0. The first kappa shape index (κ1) is 58.1. The Morgan fingerprint density at radius 2 is 0.880 bits per heavy atom. The van der Waals surface area contributed by atoms with Gasteiger partial charge in [0.05, 0.1) is 0 Å². The van der Waals surface area contributed by atoms with Crippen LogP contribution in [0.3, 0.4) is 0 Å². The third-order valence-corrected chi connectivity index (χ3v) is 24.9. The molecule has 12 aliphatic carbocycles. The molecule has 0 N–H and O–H groups in total. The Morgan fingerprint density at radius 3 is 1.28 bits per heavy atom. The summed E-state index contributed by atoms with van der Waals surface area (Å²) in [6, 6.07) is 0. The van der Waals surface area contributed by atoms with Crippen LogP contribution in [0.5, 0.6) is 0 Å². The van der Waals surface area contributed by atoms with Crippen molar-refractivity contribution in [1.82, 2.24) is 0 Å². The van der Waals surface area contributed by atoms with Crippen LogP contribution in [0, 0.1) is 166 Å². The first-order valence-electron chi connectivity index (χ1n) is 31.7. The molecular weight excluding hydrogens is 1030 g/mol. The summed E-state index contributed by atoms with van der Waals surface area (Å²) in [5.41, 5.74) is 5.81. The Hall–Kier alpha value is -0.0969. The molecule has 12 aliphatic rings. The second-order valence-corrected chi connectivity index (χ2v) is 33.0. The van der Waals surface area contributed by atoms with Crippen molar-refractivity contribution in [3.8, 4) is 0 Å². The van der Waals surface area contributed by atoms with E-state index in [1.165, 1.54) is 165 Å². The molecule has 0 amide bonds. The molecule has 406 valence electrons. The topological polar surface area (TPSA) is 0 Å². The maximum absolute atomic E-state index is 4.93. The summed E-state index contributed by atoms with van der Waals surface area (Å²) in [6.07, 6.45) is 64.8. The average Bonchev–Trinajstić information content (AvgIpc) is 4.22. The fourth-order valence-corrected chi connectivity index (χ4v) is 21.0. The number of rotatable bonds is 12. The van der Waals surface area contributed by atoms with Gasteiger partial charge in [-0.3, -0.25) is 0 Å². The standard InChI is InChI=1S/2C36H51.2ClH.Zr/c2*1-24(2)9-8-10-25(3)32-17-18-33-31-16-14-28-23-27(30-15-13-26-11-6-7-12-29(26)30)19-21-35(28,4)34(31)20-22-36(32,33)5;;;/h2*6-7,11-15,24-25,27,31-34H,8-10,16-23H2,1-5H3;2*1H;/q;;;;+4/p-2/t2*25-,27-,31+,32-,33+,34+,35+,36-;;;/m11.../s1. The van der Waals surface area contributed by atoms with Gasteiger partial charge in [0.1, 0.15) is 0 Å². The van der Waals surface area contributed by atoms with Gasteiger partial charge in [-0.15, -0.1) is 0 Å². The Labute approximate surface area is 482 Å². The monoisotopic (exact) mass is 1130 g/mol. The van der Waals surface area contributed by atoms with Crippen LogP contribution in [0.2, 0.25) is 0 Å². The van der Waals surface area contributed by atoms with Crippen molar-refractivity contribution < 1.29 is 20.8 Å². The number of halogens is 2. The predicted molar refractivity (Wildman–Crippen MR) is 318 cm³/mol. The van der Waals surface area contributed by atoms with Crippen LogP contribution in [-0.4, -0.2) is 0 Å². The van der Waals surface area contributed by atoms with Gasteiger partial charge >= 0.3 is 37.9 Å². The van der Waals surface area contributed by atoms with E-state index in [1.807, 2.05) is 11.1 Å². The van der Waals surface area contributed by atoms with Crippen LogP contribution >= 0.6 is 17.0 Å². The summed E-state index contributed by atoms with van der Waals surface area (Å²) in [5, 5.41) is 0. The molecule has 8 fully saturated rings. The molecule has 0 nitrogen and oxygen atoms in total. The van der Waals surface area contributed by atoms with E-state index in [2.05, 4.69) is 156 Å². The Balaban J connectivity index is 0.000000163. The van der Waals surface area contributed by atoms with Gasteiger partial charge in [-0.05, 0) is 245 Å². The van der Waals surface area contributed by atoms with Crippen molar-refractivity contribution in [2.24, 2.45) is 105 Å². The maximum atomic E-state index is 4.93. The molecule has 0 aromatic rings. The first-order chi connectivity index (χ1) is 36.0. The molecule has 0 aromatic carbocycles.